The van der Waals surface area contributed by atoms with Crippen molar-refractivity contribution in [3.63, 3.8) is 0 Å². The Morgan fingerprint density at radius 1 is 1.17 bits per heavy atom. The molecule has 1 aliphatic rings. The lowest BCUT2D eigenvalue weighted by Crippen LogP contribution is -2.16. The maximum atomic E-state index is 3.39. The molecule has 1 aliphatic heterocycles. The standard InChI is InChI=1S/C10H9NS/c1-2-7-4-11-5-8-6-12-9(3-1)10(7)8/h1-3,6,11H,4-5H2. The van der Waals surface area contributed by atoms with E-state index in [2.05, 4.69) is 28.9 Å². The SMILES string of the molecule is c1cc2c3c(csc3c1)CNC2. The third-order valence-electron chi connectivity index (χ3n) is 2.39. The van der Waals surface area contributed by atoms with Crippen molar-refractivity contribution in [2.75, 3.05) is 0 Å². The quantitative estimate of drug-likeness (QED) is 0.648. The van der Waals surface area contributed by atoms with Crippen molar-refractivity contribution in [1.29, 1.82) is 0 Å². The zero-order valence-corrected chi connectivity index (χ0v) is 7.45. The molecule has 1 aromatic carbocycles. The molecule has 60 valence electrons. The van der Waals surface area contributed by atoms with Crippen LogP contribution in [0.5, 0.6) is 0 Å². The van der Waals surface area contributed by atoms with Crippen molar-refractivity contribution in [3.8, 4) is 0 Å². The number of nitrogens with one attached hydrogen (secondary N) is 1. The molecule has 2 aromatic rings. The van der Waals surface area contributed by atoms with Gasteiger partial charge in [-0.1, -0.05) is 12.1 Å². The van der Waals surface area contributed by atoms with Gasteiger partial charge in [0.25, 0.3) is 0 Å². The minimum absolute atomic E-state index is 1.03. The van der Waals surface area contributed by atoms with E-state index < -0.39 is 0 Å². The lowest BCUT2D eigenvalue weighted by atomic mass is 10.0. The van der Waals surface area contributed by atoms with Crippen molar-refractivity contribution < 1.29 is 0 Å². The van der Waals surface area contributed by atoms with Crippen molar-refractivity contribution >= 4 is 21.4 Å². The molecule has 0 spiro atoms. The fourth-order valence-electron chi connectivity index (χ4n) is 1.84. The first-order valence-corrected chi connectivity index (χ1v) is 5.02. The van der Waals surface area contributed by atoms with E-state index in [0.717, 1.165) is 13.1 Å². The van der Waals surface area contributed by atoms with Crippen LogP contribution in [-0.4, -0.2) is 0 Å². The number of hydrogen-bond acceptors (Lipinski definition) is 2. The molecule has 0 saturated heterocycles. The minimum atomic E-state index is 1.03. The number of rotatable bonds is 0. The number of benzene rings is 1. The molecule has 0 saturated carbocycles. The summed E-state index contributed by atoms with van der Waals surface area (Å²) in [7, 11) is 0. The van der Waals surface area contributed by atoms with Gasteiger partial charge in [0.15, 0.2) is 0 Å². The Bertz CT molecular complexity index is 430. The Morgan fingerprint density at radius 3 is 3.08 bits per heavy atom. The predicted molar refractivity (Wildman–Crippen MR) is 52.4 cm³/mol. The molecule has 0 fully saturated rings. The summed E-state index contributed by atoms with van der Waals surface area (Å²) in [5.41, 5.74) is 2.92. The van der Waals surface area contributed by atoms with E-state index in [4.69, 9.17) is 0 Å². The van der Waals surface area contributed by atoms with Gasteiger partial charge in [-0.15, -0.1) is 11.3 Å². The van der Waals surface area contributed by atoms with Gasteiger partial charge in [-0.25, -0.2) is 0 Å². The minimum Gasteiger partial charge on any atom is -0.309 e. The second-order valence-electron chi connectivity index (χ2n) is 3.15. The van der Waals surface area contributed by atoms with Crippen LogP contribution in [-0.2, 0) is 13.1 Å². The fraction of sp³-hybridized carbons (Fsp3) is 0.200. The van der Waals surface area contributed by atoms with Crippen LogP contribution in [0, 0.1) is 0 Å². The summed E-state index contributed by atoms with van der Waals surface area (Å²) < 4.78 is 1.43. The van der Waals surface area contributed by atoms with Crippen LogP contribution >= 0.6 is 11.3 Å². The summed E-state index contributed by atoms with van der Waals surface area (Å²) in [5, 5.41) is 7.16. The molecule has 0 aliphatic carbocycles. The molecule has 0 radical (unpaired) electrons. The van der Waals surface area contributed by atoms with Gasteiger partial charge in [0.05, 0.1) is 0 Å². The highest BCUT2D eigenvalue weighted by Gasteiger charge is 2.11. The summed E-state index contributed by atoms with van der Waals surface area (Å²) in [4.78, 5) is 0. The van der Waals surface area contributed by atoms with Gasteiger partial charge in [-0.2, -0.15) is 0 Å². The normalized spacial score (nSPS) is 15.3. The van der Waals surface area contributed by atoms with Gasteiger partial charge in [-0.3, -0.25) is 0 Å². The maximum absolute atomic E-state index is 3.39. The molecule has 1 N–H and O–H groups in total. The van der Waals surface area contributed by atoms with Crippen molar-refractivity contribution in [2.45, 2.75) is 13.1 Å². The van der Waals surface area contributed by atoms with Crippen LogP contribution in [0.2, 0.25) is 0 Å². The van der Waals surface area contributed by atoms with Crippen molar-refractivity contribution in [3.05, 3.63) is 34.7 Å². The zero-order chi connectivity index (χ0) is 7.97. The van der Waals surface area contributed by atoms with E-state index in [1.54, 1.807) is 0 Å². The Kier molecular flexibility index (Phi) is 1.28. The number of thiophene rings is 1. The molecule has 3 rings (SSSR count). The molecular formula is C10H9NS. The maximum Gasteiger partial charge on any atom is 0.0349 e. The Labute approximate surface area is 75.0 Å². The second kappa shape index (κ2) is 2.31. The summed E-state index contributed by atoms with van der Waals surface area (Å²) in [6.45, 7) is 2.07. The summed E-state index contributed by atoms with van der Waals surface area (Å²) in [5.74, 6) is 0. The van der Waals surface area contributed by atoms with E-state index in [1.165, 1.54) is 21.2 Å². The van der Waals surface area contributed by atoms with Crippen LogP contribution in [0.25, 0.3) is 10.1 Å². The number of hydrogen-bond donors (Lipinski definition) is 1. The van der Waals surface area contributed by atoms with E-state index in [0.29, 0.717) is 0 Å². The Hall–Kier alpha value is -0.860. The highest BCUT2D eigenvalue weighted by Crippen LogP contribution is 2.31. The van der Waals surface area contributed by atoms with E-state index in [1.807, 2.05) is 11.3 Å². The lowest BCUT2D eigenvalue weighted by molar-refractivity contribution is 0.685. The fourth-order valence-corrected chi connectivity index (χ4v) is 2.85. The van der Waals surface area contributed by atoms with Crippen LogP contribution < -0.4 is 5.32 Å². The zero-order valence-electron chi connectivity index (χ0n) is 6.63. The third kappa shape index (κ3) is 0.765. The van der Waals surface area contributed by atoms with Gasteiger partial charge in [-0.05, 0) is 22.6 Å². The Morgan fingerprint density at radius 2 is 2.08 bits per heavy atom. The molecule has 1 nitrogen and oxygen atoms in total. The topological polar surface area (TPSA) is 12.0 Å². The van der Waals surface area contributed by atoms with Gasteiger partial charge in [0.2, 0.25) is 0 Å². The highest BCUT2D eigenvalue weighted by molar-refractivity contribution is 7.17. The molecule has 0 amide bonds. The van der Waals surface area contributed by atoms with E-state index in [-0.39, 0.29) is 0 Å². The highest BCUT2D eigenvalue weighted by atomic mass is 32.1. The summed E-state index contributed by atoms with van der Waals surface area (Å²) >= 11 is 1.85. The average molecular weight is 175 g/mol. The molecule has 0 bridgehead atoms. The van der Waals surface area contributed by atoms with Crippen LogP contribution in [0.1, 0.15) is 11.1 Å². The van der Waals surface area contributed by atoms with E-state index in [9.17, 15) is 0 Å². The third-order valence-corrected chi connectivity index (χ3v) is 3.39. The average Bonchev–Trinajstić information content (AvgIpc) is 2.52. The van der Waals surface area contributed by atoms with Crippen LogP contribution in [0.15, 0.2) is 23.6 Å². The van der Waals surface area contributed by atoms with Crippen LogP contribution in [0.3, 0.4) is 0 Å². The Balaban J connectivity index is 2.50. The van der Waals surface area contributed by atoms with Gasteiger partial charge in [0.1, 0.15) is 0 Å². The molecule has 1 aromatic heterocycles. The molecule has 2 heterocycles. The summed E-state index contributed by atoms with van der Waals surface area (Å²) in [6.07, 6.45) is 0. The van der Waals surface area contributed by atoms with Crippen molar-refractivity contribution in [1.82, 2.24) is 5.32 Å². The molecule has 0 unspecified atom stereocenters. The van der Waals surface area contributed by atoms with Gasteiger partial charge < -0.3 is 5.32 Å². The van der Waals surface area contributed by atoms with Crippen LogP contribution in [0.4, 0.5) is 0 Å². The predicted octanol–water partition coefficient (Wildman–Crippen LogP) is 2.50. The summed E-state index contributed by atoms with van der Waals surface area (Å²) in [6, 6.07) is 6.56. The molecule has 12 heavy (non-hydrogen) atoms. The lowest BCUT2D eigenvalue weighted by Gasteiger charge is -2.13. The first-order valence-electron chi connectivity index (χ1n) is 4.14. The van der Waals surface area contributed by atoms with Crippen molar-refractivity contribution in [2.24, 2.45) is 0 Å². The first kappa shape index (κ1) is 6.63. The largest absolute Gasteiger partial charge is 0.309 e. The van der Waals surface area contributed by atoms with E-state index >= 15 is 0 Å². The first-order chi connectivity index (χ1) is 5.95. The van der Waals surface area contributed by atoms with Gasteiger partial charge in [0, 0.05) is 23.2 Å². The monoisotopic (exact) mass is 175 g/mol. The molecule has 0 atom stereocenters. The van der Waals surface area contributed by atoms with Gasteiger partial charge >= 0.3 is 0 Å². The molecular weight excluding hydrogens is 166 g/mol. The molecule has 2 heteroatoms. The second-order valence-corrected chi connectivity index (χ2v) is 4.07. The smallest absolute Gasteiger partial charge is 0.0349 e.